The van der Waals surface area contributed by atoms with Crippen molar-refractivity contribution in [3.8, 4) is 11.1 Å². The van der Waals surface area contributed by atoms with Crippen LogP contribution in [0.25, 0.3) is 22.2 Å². The highest BCUT2D eigenvalue weighted by Crippen LogP contribution is 2.24. The molecule has 0 saturated carbocycles. The Bertz CT molecular complexity index is 976. The lowest BCUT2D eigenvalue weighted by Crippen LogP contribution is -1.93. The summed E-state index contributed by atoms with van der Waals surface area (Å²) in [6.07, 6.45) is 0. The monoisotopic (exact) mass is 331 g/mol. The predicted molar refractivity (Wildman–Crippen MR) is 97.6 cm³/mol. The number of hydrogen-bond donors (Lipinski definition) is 1. The highest BCUT2D eigenvalue weighted by atomic mass is 16.4. The number of carboxylic acid groups (broad SMARTS) is 1. The summed E-state index contributed by atoms with van der Waals surface area (Å²) in [7, 11) is 0. The fourth-order valence-electron chi connectivity index (χ4n) is 2.43. The van der Waals surface area contributed by atoms with Crippen LogP contribution in [0.15, 0.2) is 83.3 Å². The first-order valence-corrected chi connectivity index (χ1v) is 7.84. The van der Waals surface area contributed by atoms with Gasteiger partial charge >= 0.3 is 5.97 Å². The standard InChI is InChI=1S/C14H11NO.C7H6O2/c1-10-15-13-9-12(7-8-14(13)16-10)11-5-3-2-4-6-11;8-7(9)6-4-2-1-3-5-6/h2-9H,1H3;1-5H,(H,8,9). The second kappa shape index (κ2) is 7.45. The third kappa shape index (κ3) is 4.12. The van der Waals surface area contributed by atoms with Crippen molar-refractivity contribution in [2.24, 2.45) is 0 Å². The summed E-state index contributed by atoms with van der Waals surface area (Å²) in [5.41, 5.74) is 4.46. The molecule has 0 spiro atoms. The summed E-state index contributed by atoms with van der Waals surface area (Å²) in [4.78, 5) is 14.5. The average molecular weight is 331 g/mol. The topological polar surface area (TPSA) is 63.3 Å². The lowest BCUT2D eigenvalue weighted by molar-refractivity contribution is 0.0697. The molecule has 1 aromatic heterocycles. The van der Waals surface area contributed by atoms with Crippen LogP contribution in [0.3, 0.4) is 0 Å². The van der Waals surface area contributed by atoms with E-state index in [-0.39, 0.29) is 0 Å². The first-order chi connectivity index (χ1) is 12.1. The zero-order chi connectivity index (χ0) is 17.6. The van der Waals surface area contributed by atoms with E-state index in [1.807, 2.05) is 31.2 Å². The van der Waals surface area contributed by atoms with Gasteiger partial charge in [0.2, 0.25) is 0 Å². The lowest BCUT2D eigenvalue weighted by atomic mass is 10.1. The van der Waals surface area contributed by atoms with Gasteiger partial charge in [-0.25, -0.2) is 9.78 Å². The molecule has 124 valence electrons. The van der Waals surface area contributed by atoms with Crippen molar-refractivity contribution >= 4 is 17.1 Å². The predicted octanol–water partition coefficient (Wildman–Crippen LogP) is 5.19. The van der Waals surface area contributed by atoms with Gasteiger partial charge in [-0.15, -0.1) is 0 Å². The Morgan fingerprint density at radius 2 is 1.52 bits per heavy atom. The van der Waals surface area contributed by atoms with Gasteiger partial charge in [0.1, 0.15) is 5.52 Å². The van der Waals surface area contributed by atoms with Crippen LogP contribution in [0.2, 0.25) is 0 Å². The van der Waals surface area contributed by atoms with E-state index in [4.69, 9.17) is 9.52 Å². The molecule has 4 aromatic rings. The average Bonchev–Trinajstić information content (AvgIpc) is 3.03. The number of nitrogens with zero attached hydrogens (tertiary/aromatic N) is 1. The van der Waals surface area contributed by atoms with Gasteiger partial charge in [-0.2, -0.15) is 0 Å². The van der Waals surface area contributed by atoms with Crippen LogP contribution in [-0.4, -0.2) is 16.1 Å². The maximum atomic E-state index is 10.2. The maximum Gasteiger partial charge on any atom is 0.335 e. The first-order valence-electron chi connectivity index (χ1n) is 7.84. The summed E-state index contributed by atoms with van der Waals surface area (Å²) in [5, 5.41) is 8.38. The molecule has 4 nitrogen and oxygen atoms in total. The molecule has 0 aliphatic rings. The van der Waals surface area contributed by atoms with Crippen molar-refractivity contribution in [3.63, 3.8) is 0 Å². The molecule has 25 heavy (non-hydrogen) atoms. The van der Waals surface area contributed by atoms with Gasteiger partial charge in [-0.05, 0) is 35.4 Å². The Morgan fingerprint density at radius 3 is 2.12 bits per heavy atom. The molecule has 0 aliphatic heterocycles. The van der Waals surface area contributed by atoms with Gasteiger partial charge in [0, 0.05) is 6.92 Å². The largest absolute Gasteiger partial charge is 0.478 e. The second-order valence-electron chi connectivity index (χ2n) is 5.45. The summed E-state index contributed by atoms with van der Waals surface area (Å²) in [6.45, 7) is 1.86. The number of carboxylic acids is 1. The minimum atomic E-state index is -0.879. The minimum Gasteiger partial charge on any atom is -0.478 e. The summed E-state index contributed by atoms with van der Waals surface area (Å²) in [5.74, 6) is -0.171. The molecule has 1 heterocycles. The van der Waals surface area contributed by atoms with Gasteiger partial charge in [-0.3, -0.25) is 0 Å². The molecule has 4 rings (SSSR count). The fourth-order valence-corrected chi connectivity index (χ4v) is 2.43. The van der Waals surface area contributed by atoms with Gasteiger partial charge in [0.05, 0.1) is 5.56 Å². The smallest absolute Gasteiger partial charge is 0.335 e. The molecular formula is C21H17NO3. The van der Waals surface area contributed by atoms with Crippen LogP contribution >= 0.6 is 0 Å². The Kier molecular flexibility index (Phi) is 4.90. The number of carbonyl (C=O) groups is 1. The van der Waals surface area contributed by atoms with E-state index in [9.17, 15) is 4.79 Å². The molecule has 1 N–H and O–H groups in total. The van der Waals surface area contributed by atoms with E-state index in [2.05, 4.69) is 29.2 Å². The number of aryl methyl sites for hydroxylation is 1. The van der Waals surface area contributed by atoms with E-state index >= 15 is 0 Å². The molecule has 4 heteroatoms. The van der Waals surface area contributed by atoms with Crippen LogP contribution < -0.4 is 0 Å². The van der Waals surface area contributed by atoms with E-state index < -0.39 is 5.97 Å². The number of aromatic nitrogens is 1. The Balaban J connectivity index is 0.000000173. The second-order valence-corrected chi connectivity index (χ2v) is 5.45. The molecular weight excluding hydrogens is 314 g/mol. The number of fused-ring (bicyclic) bond motifs is 1. The number of aromatic carboxylic acids is 1. The van der Waals surface area contributed by atoms with Crippen molar-refractivity contribution in [2.75, 3.05) is 0 Å². The van der Waals surface area contributed by atoms with Crippen molar-refractivity contribution in [1.82, 2.24) is 4.98 Å². The zero-order valence-electron chi connectivity index (χ0n) is 13.7. The van der Waals surface area contributed by atoms with Crippen molar-refractivity contribution in [2.45, 2.75) is 6.92 Å². The molecule has 0 bridgehead atoms. The van der Waals surface area contributed by atoms with Gasteiger partial charge in [-0.1, -0.05) is 54.6 Å². The van der Waals surface area contributed by atoms with Crippen molar-refractivity contribution in [1.29, 1.82) is 0 Å². The van der Waals surface area contributed by atoms with E-state index in [0.717, 1.165) is 11.1 Å². The highest BCUT2D eigenvalue weighted by molar-refractivity contribution is 5.87. The lowest BCUT2D eigenvalue weighted by Gasteiger charge is -1.99. The molecule has 0 radical (unpaired) electrons. The van der Waals surface area contributed by atoms with Crippen LogP contribution in [0.5, 0.6) is 0 Å². The Hall–Kier alpha value is -3.40. The SMILES string of the molecule is Cc1nc2cc(-c3ccccc3)ccc2o1.O=C(O)c1ccccc1. The summed E-state index contributed by atoms with van der Waals surface area (Å²) >= 11 is 0. The maximum absolute atomic E-state index is 10.2. The molecule has 0 amide bonds. The van der Waals surface area contributed by atoms with E-state index in [1.165, 1.54) is 11.1 Å². The van der Waals surface area contributed by atoms with Gasteiger partial charge < -0.3 is 9.52 Å². The van der Waals surface area contributed by atoms with Crippen molar-refractivity contribution in [3.05, 3.63) is 90.3 Å². The van der Waals surface area contributed by atoms with Crippen LogP contribution in [-0.2, 0) is 0 Å². The van der Waals surface area contributed by atoms with Gasteiger partial charge in [0.15, 0.2) is 11.5 Å². The molecule has 3 aromatic carbocycles. The first kappa shape index (κ1) is 16.5. The number of hydrogen-bond acceptors (Lipinski definition) is 3. The summed E-state index contributed by atoms with van der Waals surface area (Å²) in [6, 6.07) is 24.6. The van der Waals surface area contributed by atoms with Crippen LogP contribution in [0.1, 0.15) is 16.2 Å². The van der Waals surface area contributed by atoms with Gasteiger partial charge in [0.25, 0.3) is 0 Å². The van der Waals surface area contributed by atoms with Crippen molar-refractivity contribution < 1.29 is 14.3 Å². The Morgan fingerprint density at radius 1 is 0.880 bits per heavy atom. The highest BCUT2D eigenvalue weighted by Gasteiger charge is 2.04. The third-order valence-electron chi connectivity index (χ3n) is 3.62. The molecule has 0 unspecified atom stereocenters. The summed E-state index contributed by atoms with van der Waals surface area (Å²) < 4.78 is 5.45. The quantitative estimate of drug-likeness (QED) is 0.549. The molecule has 0 atom stereocenters. The molecule has 0 saturated heterocycles. The third-order valence-corrected chi connectivity index (χ3v) is 3.62. The van der Waals surface area contributed by atoms with Crippen LogP contribution in [0.4, 0.5) is 0 Å². The number of oxazole rings is 1. The Labute approximate surface area is 145 Å². The van der Waals surface area contributed by atoms with E-state index in [1.54, 1.807) is 30.3 Å². The molecule has 0 fully saturated rings. The number of benzene rings is 3. The van der Waals surface area contributed by atoms with Crippen LogP contribution in [0, 0.1) is 6.92 Å². The number of rotatable bonds is 2. The molecule has 0 aliphatic carbocycles. The normalized spacial score (nSPS) is 10.1. The minimum absolute atomic E-state index is 0.331. The van der Waals surface area contributed by atoms with E-state index in [0.29, 0.717) is 11.5 Å². The zero-order valence-corrected chi connectivity index (χ0v) is 13.7. The fraction of sp³-hybridized carbons (Fsp3) is 0.0476.